The lowest BCUT2D eigenvalue weighted by molar-refractivity contribution is 0.0885. The maximum Gasteiger partial charge on any atom is 0.169 e. The van der Waals surface area contributed by atoms with Gasteiger partial charge in [0.1, 0.15) is 5.75 Å². The molecule has 0 spiro atoms. The highest BCUT2D eigenvalue weighted by atomic mass is 35.5. The molecule has 1 aliphatic carbocycles. The Morgan fingerprint density at radius 1 is 1.21 bits per heavy atom. The molecule has 0 bridgehead atoms. The van der Waals surface area contributed by atoms with E-state index in [2.05, 4.69) is 0 Å². The van der Waals surface area contributed by atoms with Crippen molar-refractivity contribution in [2.24, 2.45) is 5.92 Å². The van der Waals surface area contributed by atoms with Crippen LogP contribution in [0.3, 0.4) is 0 Å². The van der Waals surface area contributed by atoms with Crippen LogP contribution < -0.4 is 4.74 Å². The third-order valence-corrected chi connectivity index (χ3v) is 4.29. The SMILES string of the molecule is CCOc1cc(Cl)c(Cl)cc1C(=O)C1CCCCC1. The number of halogens is 2. The van der Waals surface area contributed by atoms with Gasteiger partial charge >= 0.3 is 0 Å². The number of hydrogen-bond donors (Lipinski definition) is 0. The molecule has 0 aromatic heterocycles. The molecule has 2 nitrogen and oxygen atoms in total. The summed E-state index contributed by atoms with van der Waals surface area (Å²) in [4.78, 5) is 12.6. The van der Waals surface area contributed by atoms with Crippen molar-refractivity contribution in [1.29, 1.82) is 0 Å². The van der Waals surface area contributed by atoms with E-state index in [9.17, 15) is 4.79 Å². The average Bonchev–Trinajstić information content (AvgIpc) is 2.43. The van der Waals surface area contributed by atoms with Crippen molar-refractivity contribution in [3.05, 3.63) is 27.7 Å². The second-order valence-corrected chi connectivity index (χ2v) is 5.71. The number of benzene rings is 1. The third kappa shape index (κ3) is 3.43. The molecule has 0 saturated heterocycles. The summed E-state index contributed by atoms with van der Waals surface area (Å²) < 4.78 is 5.52. The summed E-state index contributed by atoms with van der Waals surface area (Å²) in [5.74, 6) is 0.791. The van der Waals surface area contributed by atoms with E-state index in [4.69, 9.17) is 27.9 Å². The fraction of sp³-hybridized carbons (Fsp3) is 0.533. The summed E-state index contributed by atoms with van der Waals surface area (Å²) in [7, 11) is 0. The van der Waals surface area contributed by atoms with Crippen LogP contribution in [0.15, 0.2) is 12.1 Å². The van der Waals surface area contributed by atoms with Crippen LogP contribution in [0.5, 0.6) is 5.75 Å². The zero-order valence-electron chi connectivity index (χ0n) is 11.0. The average molecular weight is 301 g/mol. The Kier molecular flexibility index (Phi) is 5.12. The molecule has 1 aromatic carbocycles. The highest BCUT2D eigenvalue weighted by Crippen LogP contribution is 2.35. The maximum absolute atomic E-state index is 12.6. The smallest absolute Gasteiger partial charge is 0.169 e. The summed E-state index contributed by atoms with van der Waals surface area (Å²) in [6, 6.07) is 3.29. The van der Waals surface area contributed by atoms with E-state index >= 15 is 0 Å². The van der Waals surface area contributed by atoms with Crippen molar-refractivity contribution in [3.63, 3.8) is 0 Å². The van der Waals surface area contributed by atoms with E-state index in [1.165, 1.54) is 6.42 Å². The van der Waals surface area contributed by atoms with Crippen LogP contribution in [-0.2, 0) is 0 Å². The number of hydrogen-bond acceptors (Lipinski definition) is 2. The molecule has 1 saturated carbocycles. The van der Waals surface area contributed by atoms with Crippen molar-refractivity contribution in [1.82, 2.24) is 0 Å². The Morgan fingerprint density at radius 3 is 2.47 bits per heavy atom. The molecule has 1 fully saturated rings. The molecule has 0 atom stereocenters. The minimum absolute atomic E-state index is 0.102. The minimum Gasteiger partial charge on any atom is -0.493 e. The lowest BCUT2D eigenvalue weighted by atomic mass is 9.83. The van der Waals surface area contributed by atoms with Gasteiger partial charge in [0.05, 0.1) is 22.2 Å². The number of ether oxygens (including phenoxy) is 1. The molecule has 0 aliphatic heterocycles. The highest BCUT2D eigenvalue weighted by Gasteiger charge is 2.25. The first-order valence-corrected chi connectivity index (χ1v) is 7.55. The topological polar surface area (TPSA) is 26.3 Å². The second kappa shape index (κ2) is 6.62. The number of carbonyl (C=O) groups excluding carboxylic acids is 1. The zero-order valence-corrected chi connectivity index (χ0v) is 12.6. The quantitative estimate of drug-likeness (QED) is 0.718. The van der Waals surface area contributed by atoms with E-state index in [1.807, 2.05) is 6.92 Å². The van der Waals surface area contributed by atoms with Crippen LogP contribution in [0.1, 0.15) is 49.4 Å². The van der Waals surface area contributed by atoms with Gasteiger partial charge in [-0.3, -0.25) is 4.79 Å². The highest BCUT2D eigenvalue weighted by molar-refractivity contribution is 6.42. The van der Waals surface area contributed by atoms with Gasteiger partial charge in [-0.2, -0.15) is 0 Å². The largest absolute Gasteiger partial charge is 0.493 e. The van der Waals surface area contributed by atoms with Gasteiger partial charge in [0.15, 0.2) is 5.78 Å². The third-order valence-electron chi connectivity index (χ3n) is 3.56. The fourth-order valence-electron chi connectivity index (χ4n) is 2.58. The minimum atomic E-state index is 0.102. The van der Waals surface area contributed by atoms with Gasteiger partial charge in [0, 0.05) is 12.0 Å². The molecule has 1 aliphatic rings. The molecule has 2 rings (SSSR count). The van der Waals surface area contributed by atoms with Crippen LogP contribution in [0, 0.1) is 5.92 Å². The van der Waals surface area contributed by atoms with Crippen LogP contribution >= 0.6 is 23.2 Å². The molecule has 19 heavy (non-hydrogen) atoms. The number of carbonyl (C=O) groups is 1. The fourth-order valence-corrected chi connectivity index (χ4v) is 2.90. The Hall–Kier alpha value is -0.730. The van der Waals surface area contributed by atoms with E-state index in [-0.39, 0.29) is 11.7 Å². The molecule has 0 radical (unpaired) electrons. The van der Waals surface area contributed by atoms with Crippen LogP contribution in [0.2, 0.25) is 10.0 Å². The molecule has 0 amide bonds. The van der Waals surface area contributed by atoms with Crippen molar-refractivity contribution < 1.29 is 9.53 Å². The van der Waals surface area contributed by atoms with E-state index in [1.54, 1.807) is 12.1 Å². The van der Waals surface area contributed by atoms with E-state index in [0.717, 1.165) is 25.7 Å². The first-order valence-electron chi connectivity index (χ1n) is 6.79. The van der Waals surface area contributed by atoms with Gasteiger partial charge in [-0.15, -0.1) is 0 Å². The molecule has 0 unspecified atom stereocenters. The second-order valence-electron chi connectivity index (χ2n) is 4.89. The predicted octanol–water partition coefficient (Wildman–Crippen LogP) is 5.16. The molecule has 1 aromatic rings. The van der Waals surface area contributed by atoms with Crippen LogP contribution in [0.25, 0.3) is 0 Å². The molecule has 4 heteroatoms. The Labute approximate surface area is 124 Å². The number of rotatable bonds is 4. The normalized spacial score (nSPS) is 16.4. The summed E-state index contributed by atoms with van der Waals surface area (Å²) in [6.45, 7) is 2.39. The predicted molar refractivity (Wildman–Crippen MR) is 78.5 cm³/mol. The van der Waals surface area contributed by atoms with Gasteiger partial charge in [-0.1, -0.05) is 42.5 Å². The van der Waals surface area contributed by atoms with Crippen LogP contribution in [0.4, 0.5) is 0 Å². The van der Waals surface area contributed by atoms with Gasteiger partial charge < -0.3 is 4.74 Å². The molecule has 0 N–H and O–H groups in total. The Balaban J connectivity index is 2.30. The van der Waals surface area contributed by atoms with Gasteiger partial charge in [0.2, 0.25) is 0 Å². The van der Waals surface area contributed by atoms with Crippen molar-refractivity contribution in [2.45, 2.75) is 39.0 Å². The summed E-state index contributed by atoms with van der Waals surface area (Å²) >= 11 is 12.0. The molecular formula is C15H18Cl2O2. The van der Waals surface area contributed by atoms with Crippen molar-refractivity contribution >= 4 is 29.0 Å². The number of ketones is 1. The standard InChI is InChI=1S/C15H18Cl2O2/c1-2-19-14-9-13(17)12(16)8-11(14)15(18)10-6-4-3-5-7-10/h8-10H,2-7H2,1H3. The van der Waals surface area contributed by atoms with Gasteiger partial charge in [0.25, 0.3) is 0 Å². The van der Waals surface area contributed by atoms with E-state index < -0.39 is 0 Å². The van der Waals surface area contributed by atoms with Crippen LogP contribution in [-0.4, -0.2) is 12.4 Å². The van der Waals surface area contributed by atoms with E-state index in [0.29, 0.717) is 28.0 Å². The molecular weight excluding hydrogens is 283 g/mol. The van der Waals surface area contributed by atoms with Gasteiger partial charge in [-0.25, -0.2) is 0 Å². The summed E-state index contributed by atoms with van der Waals surface area (Å²) in [6.07, 6.45) is 5.40. The Morgan fingerprint density at radius 2 is 1.84 bits per heavy atom. The van der Waals surface area contributed by atoms with Crippen molar-refractivity contribution in [3.8, 4) is 5.75 Å². The first-order chi connectivity index (χ1) is 9.13. The number of Topliss-reactive ketones (excluding diaryl/α,β-unsaturated/α-hetero) is 1. The van der Waals surface area contributed by atoms with Gasteiger partial charge in [-0.05, 0) is 25.8 Å². The zero-order chi connectivity index (χ0) is 13.8. The lowest BCUT2D eigenvalue weighted by Crippen LogP contribution is -2.18. The van der Waals surface area contributed by atoms with Crippen molar-refractivity contribution in [2.75, 3.05) is 6.61 Å². The molecule has 0 heterocycles. The summed E-state index contributed by atoms with van der Waals surface area (Å²) in [5, 5.41) is 0.828. The Bertz CT molecular complexity index is 465. The monoisotopic (exact) mass is 300 g/mol. The maximum atomic E-state index is 12.6. The molecule has 104 valence electrons. The summed E-state index contributed by atoms with van der Waals surface area (Å²) in [5.41, 5.74) is 0.572. The lowest BCUT2D eigenvalue weighted by Gasteiger charge is -2.21. The first kappa shape index (κ1) is 14.7.